The van der Waals surface area contributed by atoms with Crippen LogP contribution in [0.5, 0.6) is 0 Å². The van der Waals surface area contributed by atoms with E-state index in [1.54, 1.807) is 0 Å². The quantitative estimate of drug-likeness (QED) is 0.323. The summed E-state index contributed by atoms with van der Waals surface area (Å²) in [4.78, 5) is 51.3. The molecule has 27 heavy (non-hydrogen) atoms. The van der Waals surface area contributed by atoms with Gasteiger partial charge in [0.1, 0.15) is 0 Å². The topological polar surface area (TPSA) is 204 Å². The molecule has 0 unspecified atom stereocenters. The van der Waals surface area contributed by atoms with Crippen molar-refractivity contribution < 1.29 is 44.0 Å². The van der Waals surface area contributed by atoms with Crippen LogP contribution in [0.2, 0.25) is 0 Å². The minimum atomic E-state index is -5.39. The fourth-order valence-electron chi connectivity index (χ4n) is 1.91. The van der Waals surface area contributed by atoms with Gasteiger partial charge in [0.15, 0.2) is 0 Å². The molecule has 0 aliphatic carbocycles. The Kier molecular flexibility index (Phi) is 39.8. The van der Waals surface area contributed by atoms with E-state index in [-0.39, 0.29) is 5.48 Å². The first-order valence-electron chi connectivity index (χ1n) is 9.37. The standard InChI is InChI=1S/C14H30.C2H6.2H3O4P.H2O/c1-3-5-7-9-11-13-14-12-10-8-6-4-2;1-2;2*1-5(2,3)4;/h3-14H2,1-2H3;1-2H3;2*(H3,1,2,3,4);1H2/p-6. The molecule has 0 aromatic carbocycles. The van der Waals surface area contributed by atoms with Gasteiger partial charge in [-0.2, -0.15) is 15.6 Å². The van der Waals surface area contributed by atoms with Crippen LogP contribution in [0.3, 0.4) is 0 Å². The third-order valence-electron chi connectivity index (χ3n) is 2.96. The zero-order valence-corrected chi connectivity index (χ0v) is 18.9. The maximum absolute atomic E-state index is 8.55. The second-order valence-electron chi connectivity index (χ2n) is 5.43. The minimum absolute atomic E-state index is 0. The summed E-state index contributed by atoms with van der Waals surface area (Å²) >= 11 is 0. The summed E-state index contributed by atoms with van der Waals surface area (Å²) in [5.41, 5.74) is 0. The van der Waals surface area contributed by atoms with Crippen molar-refractivity contribution in [3.05, 3.63) is 0 Å². The highest BCUT2D eigenvalue weighted by molar-refractivity contribution is 7.40. The van der Waals surface area contributed by atoms with Crippen LogP contribution in [0.25, 0.3) is 0 Å². The maximum atomic E-state index is 8.55. The van der Waals surface area contributed by atoms with E-state index in [0.717, 1.165) is 0 Å². The molecule has 0 aliphatic rings. The number of unbranched alkanes of at least 4 members (excludes halogenated alkanes) is 11. The molecule has 0 aromatic heterocycles. The van der Waals surface area contributed by atoms with Gasteiger partial charge in [-0.3, -0.25) is 0 Å². The lowest BCUT2D eigenvalue weighted by atomic mass is 10.1. The normalized spacial score (nSPS) is 10.1. The molecular formula is C16H38O9P2-6. The third kappa shape index (κ3) is 122. The Bertz CT molecular complexity index is 281. The Hall–Kier alpha value is 0.180. The number of hydrogen-bond donors (Lipinski definition) is 0. The molecule has 2 N–H and O–H groups in total. The van der Waals surface area contributed by atoms with Crippen LogP contribution in [0.1, 0.15) is 105 Å². The summed E-state index contributed by atoms with van der Waals surface area (Å²) in [7, 11) is -10.8. The van der Waals surface area contributed by atoms with Crippen molar-refractivity contribution in [2.75, 3.05) is 0 Å². The molecule has 0 fully saturated rings. The number of hydrogen-bond acceptors (Lipinski definition) is 8. The van der Waals surface area contributed by atoms with Gasteiger partial charge in [-0.25, -0.2) is 0 Å². The maximum Gasteiger partial charge on any atom is -0.0533 e. The SMILES string of the molecule is CC.CCCCCCCCCCCCCC.O.O=P([O-])([O-])[O-].O=P([O-])([O-])[O-]. The molecule has 0 saturated carbocycles. The van der Waals surface area contributed by atoms with Gasteiger partial charge < -0.3 is 44.0 Å². The van der Waals surface area contributed by atoms with E-state index in [1.165, 1.54) is 77.0 Å². The predicted octanol–water partition coefficient (Wildman–Crippen LogP) is 0.260. The highest BCUT2D eigenvalue weighted by Gasteiger charge is 1.91. The van der Waals surface area contributed by atoms with Crippen LogP contribution in [0, 0.1) is 0 Å². The van der Waals surface area contributed by atoms with Crippen LogP contribution in [-0.2, 0) is 9.13 Å². The lowest BCUT2D eigenvalue weighted by molar-refractivity contribution is -0.434. The molecular weight excluding hydrogens is 398 g/mol. The lowest BCUT2D eigenvalue weighted by Crippen LogP contribution is -2.24. The van der Waals surface area contributed by atoms with Crippen molar-refractivity contribution in [1.82, 2.24) is 0 Å². The predicted molar refractivity (Wildman–Crippen MR) is 96.9 cm³/mol. The summed E-state index contributed by atoms with van der Waals surface area (Å²) in [5, 5.41) is 0. The van der Waals surface area contributed by atoms with Crippen molar-refractivity contribution in [1.29, 1.82) is 0 Å². The first-order chi connectivity index (χ1) is 11.9. The van der Waals surface area contributed by atoms with E-state index >= 15 is 0 Å². The molecule has 0 spiro atoms. The summed E-state index contributed by atoms with van der Waals surface area (Å²) in [6, 6.07) is 0. The highest BCUT2D eigenvalue weighted by atomic mass is 31.2. The van der Waals surface area contributed by atoms with Crippen LogP contribution in [0.4, 0.5) is 0 Å². The second-order valence-corrected chi connectivity index (χ2v) is 7.22. The number of phosphoric acid groups is 2. The van der Waals surface area contributed by atoms with Gasteiger partial charge in [0.25, 0.3) is 0 Å². The Morgan fingerprint density at radius 2 is 0.593 bits per heavy atom. The summed E-state index contributed by atoms with van der Waals surface area (Å²) in [6.07, 6.45) is 17.4. The molecule has 0 radical (unpaired) electrons. The zero-order valence-electron chi connectivity index (χ0n) is 17.1. The van der Waals surface area contributed by atoms with Crippen molar-refractivity contribution in [3.63, 3.8) is 0 Å². The highest BCUT2D eigenvalue weighted by Crippen LogP contribution is 2.11. The molecule has 9 nitrogen and oxygen atoms in total. The molecule has 0 amide bonds. The molecule has 0 bridgehead atoms. The monoisotopic (exact) mass is 436 g/mol. The van der Waals surface area contributed by atoms with E-state index in [1.807, 2.05) is 13.8 Å². The molecule has 0 atom stereocenters. The first-order valence-corrected chi connectivity index (χ1v) is 12.3. The second kappa shape index (κ2) is 28.4. The average Bonchev–Trinajstić information content (AvgIpc) is 2.48. The Morgan fingerprint density at radius 3 is 0.704 bits per heavy atom. The smallest absolute Gasteiger partial charge is 0.0533 e. The lowest BCUT2D eigenvalue weighted by Gasteiger charge is -2.36. The fraction of sp³-hybridized carbons (Fsp3) is 1.00. The van der Waals surface area contributed by atoms with E-state index in [2.05, 4.69) is 13.8 Å². The van der Waals surface area contributed by atoms with E-state index in [0.29, 0.717) is 0 Å². The zero-order chi connectivity index (χ0) is 21.5. The van der Waals surface area contributed by atoms with Gasteiger partial charge in [0, 0.05) is 0 Å². The van der Waals surface area contributed by atoms with Crippen molar-refractivity contribution >= 4 is 15.6 Å². The Morgan fingerprint density at radius 1 is 0.481 bits per heavy atom. The van der Waals surface area contributed by atoms with E-state index in [9.17, 15) is 0 Å². The molecule has 0 rings (SSSR count). The van der Waals surface area contributed by atoms with Crippen LogP contribution >= 0.6 is 15.6 Å². The van der Waals surface area contributed by atoms with Crippen molar-refractivity contribution in [2.24, 2.45) is 0 Å². The van der Waals surface area contributed by atoms with E-state index < -0.39 is 15.6 Å². The molecule has 0 aliphatic heterocycles. The van der Waals surface area contributed by atoms with Gasteiger partial charge >= 0.3 is 0 Å². The number of rotatable bonds is 11. The Labute approximate surface area is 165 Å². The summed E-state index contributed by atoms with van der Waals surface area (Å²) in [5.74, 6) is 0. The van der Waals surface area contributed by atoms with Crippen LogP contribution < -0.4 is 29.4 Å². The van der Waals surface area contributed by atoms with Gasteiger partial charge in [-0.05, 0) is 0 Å². The van der Waals surface area contributed by atoms with Gasteiger partial charge in [-0.1, -0.05) is 105 Å². The van der Waals surface area contributed by atoms with E-state index in [4.69, 9.17) is 38.5 Å². The minimum Gasteiger partial charge on any atom is -0.822 e. The Balaban J connectivity index is -0.000000103. The largest absolute Gasteiger partial charge is 0.822 e. The first kappa shape index (κ1) is 37.9. The summed E-state index contributed by atoms with van der Waals surface area (Å²) in [6.45, 7) is 8.57. The summed E-state index contributed by atoms with van der Waals surface area (Å²) < 4.78 is 17.1. The molecule has 11 heteroatoms. The van der Waals surface area contributed by atoms with Crippen LogP contribution in [-0.4, -0.2) is 5.48 Å². The van der Waals surface area contributed by atoms with Gasteiger partial charge in [0.05, 0.1) is 0 Å². The molecule has 172 valence electrons. The van der Waals surface area contributed by atoms with Gasteiger partial charge in [-0.15, -0.1) is 0 Å². The average molecular weight is 436 g/mol. The fourth-order valence-corrected chi connectivity index (χ4v) is 1.91. The van der Waals surface area contributed by atoms with Crippen molar-refractivity contribution in [3.8, 4) is 0 Å². The molecule has 0 saturated heterocycles. The van der Waals surface area contributed by atoms with Crippen LogP contribution in [0.15, 0.2) is 0 Å². The van der Waals surface area contributed by atoms with Gasteiger partial charge in [0.2, 0.25) is 0 Å². The van der Waals surface area contributed by atoms with Crippen molar-refractivity contribution in [2.45, 2.75) is 105 Å². The third-order valence-corrected chi connectivity index (χ3v) is 2.96. The molecule has 0 heterocycles. The molecule has 0 aromatic rings.